The molecule has 1 aliphatic heterocycles. The summed E-state index contributed by atoms with van der Waals surface area (Å²) in [6, 6.07) is 16.6. The second kappa shape index (κ2) is 7.97. The van der Waals surface area contributed by atoms with E-state index in [0.717, 1.165) is 17.8 Å². The highest BCUT2D eigenvalue weighted by Crippen LogP contribution is 2.13. The second-order valence-electron chi connectivity index (χ2n) is 6.21. The largest absolute Gasteiger partial charge is 0.381 e. The number of carbonyl (C=O) groups is 1. The van der Waals surface area contributed by atoms with Gasteiger partial charge in [-0.3, -0.25) is 4.79 Å². The zero-order chi connectivity index (χ0) is 16.8. The number of aryl methyl sites for hydroxylation is 1. The highest BCUT2D eigenvalue weighted by molar-refractivity contribution is 5.79. The summed E-state index contributed by atoms with van der Waals surface area (Å²) in [6.07, 6.45) is 0.457. The number of hydrogen-bond acceptors (Lipinski definition) is 3. The average molecular weight is 324 g/mol. The van der Waals surface area contributed by atoms with Gasteiger partial charge in [0.25, 0.3) is 0 Å². The first kappa shape index (κ1) is 16.5. The molecule has 0 spiro atoms. The third-order valence-electron chi connectivity index (χ3n) is 4.25. The molecule has 126 valence electrons. The van der Waals surface area contributed by atoms with Gasteiger partial charge in [-0.1, -0.05) is 42.0 Å². The molecular weight excluding hydrogens is 300 g/mol. The average Bonchev–Trinajstić information content (AvgIpc) is 2.62. The molecule has 1 N–H and O–H groups in total. The number of nitrogens with zero attached hydrogens (tertiary/aromatic N) is 1. The maximum atomic E-state index is 12.2. The predicted molar refractivity (Wildman–Crippen MR) is 96.1 cm³/mol. The first-order valence-corrected chi connectivity index (χ1v) is 8.44. The topological polar surface area (TPSA) is 41.6 Å². The Morgan fingerprint density at radius 2 is 1.83 bits per heavy atom. The van der Waals surface area contributed by atoms with Crippen LogP contribution in [0.1, 0.15) is 16.7 Å². The number of ether oxygens (including phenoxy) is 1. The standard InChI is InChI=1S/C20H24N2O2/c1-16-3-2-4-18(13-16)15-21-19-7-5-17(6-8-19)14-20(23)22-9-11-24-12-10-22/h2-8,13,21H,9-12,14-15H2,1H3. The fourth-order valence-corrected chi connectivity index (χ4v) is 2.87. The molecule has 0 aliphatic carbocycles. The lowest BCUT2D eigenvalue weighted by atomic mass is 10.1. The van der Waals surface area contributed by atoms with Crippen molar-refractivity contribution in [3.63, 3.8) is 0 Å². The highest BCUT2D eigenvalue weighted by atomic mass is 16.5. The Hall–Kier alpha value is -2.33. The van der Waals surface area contributed by atoms with E-state index in [9.17, 15) is 4.79 Å². The summed E-state index contributed by atoms with van der Waals surface area (Å²) in [4.78, 5) is 14.1. The number of hydrogen-bond donors (Lipinski definition) is 1. The van der Waals surface area contributed by atoms with Gasteiger partial charge in [0, 0.05) is 25.3 Å². The number of rotatable bonds is 5. The molecular formula is C20H24N2O2. The van der Waals surface area contributed by atoms with E-state index < -0.39 is 0 Å². The Morgan fingerprint density at radius 1 is 1.08 bits per heavy atom. The number of amides is 1. The van der Waals surface area contributed by atoms with Crippen LogP contribution >= 0.6 is 0 Å². The summed E-state index contributed by atoms with van der Waals surface area (Å²) in [6.45, 7) is 5.60. The third kappa shape index (κ3) is 4.59. The normalized spacial score (nSPS) is 14.5. The maximum Gasteiger partial charge on any atom is 0.227 e. The fraction of sp³-hybridized carbons (Fsp3) is 0.350. The van der Waals surface area contributed by atoms with Crippen molar-refractivity contribution < 1.29 is 9.53 Å². The highest BCUT2D eigenvalue weighted by Gasteiger charge is 2.16. The van der Waals surface area contributed by atoms with Crippen LogP contribution in [0.15, 0.2) is 48.5 Å². The smallest absolute Gasteiger partial charge is 0.227 e. The van der Waals surface area contributed by atoms with Crippen LogP contribution in [0.25, 0.3) is 0 Å². The molecule has 1 amide bonds. The van der Waals surface area contributed by atoms with E-state index in [-0.39, 0.29) is 5.91 Å². The molecule has 1 saturated heterocycles. The van der Waals surface area contributed by atoms with Gasteiger partial charge in [-0.25, -0.2) is 0 Å². The van der Waals surface area contributed by atoms with Crippen molar-refractivity contribution in [2.75, 3.05) is 31.6 Å². The molecule has 2 aromatic rings. The van der Waals surface area contributed by atoms with Gasteiger partial charge in [0.1, 0.15) is 0 Å². The zero-order valence-electron chi connectivity index (χ0n) is 14.1. The number of anilines is 1. The van der Waals surface area contributed by atoms with Crippen molar-refractivity contribution in [3.8, 4) is 0 Å². The Bertz CT molecular complexity index is 676. The minimum Gasteiger partial charge on any atom is -0.381 e. The summed E-state index contributed by atoms with van der Waals surface area (Å²) in [5, 5.41) is 3.42. The summed E-state index contributed by atoms with van der Waals surface area (Å²) < 4.78 is 5.28. The first-order chi connectivity index (χ1) is 11.7. The second-order valence-corrected chi connectivity index (χ2v) is 6.21. The molecule has 0 unspecified atom stereocenters. The van der Waals surface area contributed by atoms with Crippen molar-refractivity contribution in [2.45, 2.75) is 19.9 Å². The van der Waals surface area contributed by atoms with Crippen molar-refractivity contribution in [1.29, 1.82) is 0 Å². The van der Waals surface area contributed by atoms with E-state index in [1.807, 2.05) is 29.2 Å². The van der Waals surface area contributed by atoms with Gasteiger partial charge in [0.05, 0.1) is 19.6 Å². The van der Waals surface area contributed by atoms with Gasteiger partial charge in [-0.05, 0) is 30.2 Å². The Labute approximate surface area is 143 Å². The lowest BCUT2D eigenvalue weighted by molar-refractivity contribution is -0.134. The lowest BCUT2D eigenvalue weighted by Gasteiger charge is -2.26. The van der Waals surface area contributed by atoms with Crippen LogP contribution < -0.4 is 5.32 Å². The maximum absolute atomic E-state index is 12.2. The lowest BCUT2D eigenvalue weighted by Crippen LogP contribution is -2.41. The van der Waals surface area contributed by atoms with Crippen LogP contribution in [0.5, 0.6) is 0 Å². The number of morpholine rings is 1. The van der Waals surface area contributed by atoms with E-state index in [1.165, 1.54) is 11.1 Å². The fourth-order valence-electron chi connectivity index (χ4n) is 2.87. The first-order valence-electron chi connectivity index (χ1n) is 8.44. The van der Waals surface area contributed by atoms with Crippen LogP contribution in [-0.4, -0.2) is 37.1 Å². The van der Waals surface area contributed by atoms with E-state index >= 15 is 0 Å². The predicted octanol–water partition coefficient (Wildman–Crippen LogP) is 3.01. The molecule has 24 heavy (non-hydrogen) atoms. The molecule has 4 heteroatoms. The molecule has 1 aliphatic rings. The molecule has 0 bridgehead atoms. The molecule has 0 saturated carbocycles. The van der Waals surface area contributed by atoms with Crippen molar-refractivity contribution in [3.05, 3.63) is 65.2 Å². The van der Waals surface area contributed by atoms with Crippen molar-refractivity contribution in [2.24, 2.45) is 0 Å². The van der Waals surface area contributed by atoms with Gasteiger partial charge < -0.3 is 15.0 Å². The van der Waals surface area contributed by atoms with Crippen LogP contribution in [0.4, 0.5) is 5.69 Å². The molecule has 2 aromatic carbocycles. The van der Waals surface area contributed by atoms with Gasteiger partial charge in [-0.2, -0.15) is 0 Å². The van der Waals surface area contributed by atoms with Crippen molar-refractivity contribution in [1.82, 2.24) is 4.90 Å². The molecule has 1 heterocycles. The Morgan fingerprint density at radius 3 is 2.54 bits per heavy atom. The number of benzene rings is 2. The van der Waals surface area contributed by atoms with E-state index in [4.69, 9.17) is 4.74 Å². The Balaban J connectivity index is 1.52. The molecule has 0 atom stereocenters. The van der Waals surface area contributed by atoms with Crippen LogP contribution in [0, 0.1) is 6.92 Å². The number of nitrogens with one attached hydrogen (secondary N) is 1. The summed E-state index contributed by atoms with van der Waals surface area (Å²) in [5.74, 6) is 0.179. The van der Waals surface area contributed by atoms with E-state index in [2.05, 4.69) is 36.5 Å². The Kier molecular flexibility index (Phi) is 5.49. The minimum atomic E-state index is 0.179. The summed E-state index contributed by atoms with van der Waals surface area (Å²) in [5.41, 5.74) is 4.65. The molecule has 0 aromatic heterocycles. The SMILES string of the molecule is Cc1cccc(CNc2ccc(CC(=O)N3CCOCC3)cc2)c1. The van der Waals surface area contributed by atoms with Crippen molar-refractivity contribution >= 4 is 11.6 Å². The van der Waals surface area contributed by atoms with Crippen LogP contribution in [0.3, 0.4) is 0 Å². The monoisotopic (exact) mass is 324 g/mol. The molecule has 3 rings (SSSR count). The van der Waals surface area contributed by atoms with Gasteiger partial charge in [-0.15, -0.1) is 0 Å². The quantitative estimate of drug-likeness (QED) is 0.919. The van der Waals surface area contributed by atoms with Gasteiger partial charge >= 0.3 is 0 Å². The van der Waals surface area contributed by atoms with Crippen LogP contribution in [0.2, 0.25) is 0 Å². The van der Waals surface area contributed by atoms with Gasteiger partial charge in [0.15, 0.2) is 0 Å². The molecule has 0 radical (unpaired) electrons. The van der Waals surface area contributed by atoms with E-state index in [0.29, 0.717) is 32.7 Å². The third-order valence-corrected chi connectivity index (χ3v) is 4.25. The van der Waals surface area contributed by atoms with E-state index in [1.54, 1.807) is 0 Å². The molecule has 1 fully saturated rings. The zero-order valence-corrected chi connectivity index (χ0v) is 14.1. The minimum absolute atomic E-state index is 0.179. The summed E-state index contributed by atoms with van der Waals surface area (Å²) in [7, 11) is 0. The van der Waals surface area contributed by atoms with Gasteiger partial charge in [0.2, 0.25) is 5.91 Å². The summed E-state index contributed by atoms with van der Waals surface area (Å²) >= 11 is 0. The number of carbonyl (C=O) groups excluding carboxylic acids is 1. The molecule has 4 nitrogen and oxygen atoms in total. The van der Waals surface area contributed by atoms with Crippen LogP contribution in [-0.2, 0) is 22.5 Å².